The summed E-state index contributed by atoms with van der Waals surface area (Å²) in [6.45, 7) is 0. The summed E-state index contributed by atoms with van der Waals surface area (Å²) in [5.41, 5.74) is 2.11. The quantitative estimate of drug-likeness (QED) is 0.796. The molecule has 0 bridgehead atoms. The van der Waals surface area contributed by atoms with E-state index in [-0.39, 0.29) is 11.7 Å². The molecule has 3 heteroatoms. The summed E-state index contributed by atoms with van der Waals surface area (Å²) < 4.78 is 15.3. The minimum atomic E-state index is -0.215. The number of carbonyl (C=O) groups is 1. The molecule has 2 nitrogen and oxygen atoms in total. The highest BCUT2D eigenvalue weighted by molar-refractivity contribution is 5.86. The molecule has 3 rings (SSSR count). The van der Waals surface area contributed by atoms with Gasteiger partial charge in [0.15, 0.2) is 0 Å². The van der Waals surface area contributed by atoms with E-state index >= 15 is 0 Å². The Labute approximate surface area is 105 Å². The topological polar surface area (TPSA) is 22.0 Å². The molecule has 18 heavy (non-hydrogen) atoms. The van der Waals surface area contributed by atoms with Crippen LogP contribution < -0.4 is 0 Å². The molecule has 1 aliphatic carbocycles. The van der Waals surface area contributed by atoms with Gasteiger partial charge in [0.05, 0.1) is 0 Å². The molecule has 94 valence electrons. The molecule has 1 atom stereocenters. The van der Waals surface area contributed by atoms with Crippen molar-refractivity contribution in [1.82, 2.24) is 4.57 Å². The second-order valence-electron chi connectivity index (χ2n) is 5.19. The van der Waals surface area contributed by atoms with Crippen LogP contribution in [0.4, 0.5) is 4.39 Å². The molecule has 1 aliphatic rings. The molecule has 0 radical (unpaired) electrons. The summed E-state index contributed by atoms with van der Waals surface area (Å²) in [6.07, 6.45) is 5.46. The maximum absolute atomic E-state index is 13.3. The number of aromatic nitrogens is 1. The first-order valence-corrected chi connectivity index (χ1v) is 6.41. The van der Waals surface area contributed by atoms with Crippen LogP contribution in [0.15, 0.2) is 24.4 Å². The lowest BCUT2D eigenvalue weighted by atomic mass is 9.97. The summed E-state index contributed by atoms with van der Waals surface area (Å²) >= 11 is 0. The van der Waals surface area contributed by atoms with Gasteiger partial charge < -0.3 is 4.57 Å². The molecule has 1 fully saturated rings. The summed E-state index contributed by atoms with van der Waals surface area (Å²) in [5.74, 6) is 0.287. The maximum Gasteiger partial charge on any atom is 0.136 e. The number of hydrogen-bond acceptors (Lipinski definition) is 1. The largest absolute Gasteiger partial charge is 0.350 e. The van der Waals surface area contributed by atoms with Gasteiger partial charge in [-0.25, -0.2) is 4.39 Å². The van der Waals surface area contributed by atoms with E-state index in [1.54, 1.807) is 12.1 Å². The van der Waals surface area contributed by atoms with E-state index in [0.717, 1.165) is 35.7 Å². The van der Waals surface area contributed by atoms with E-state index in [4.69, 9.17) is 0 Å². The van der Waals surface area contributed by atoms with Crippen molar-refractivity contribution in [2.24, 2.45) is 13.0 Å². The Hall–Kier alpha value is -1.64. The first-order chi connectivity index (χ1) is 8.65. The first kappa shape index (κ1) is 11.5. The molecule has 0 saturated heterocycles. The molecule has 1 unspecified atom stereocenters. The third-order valence-electron chi connectivity index (χ3n) is 3.93. The number of hydrogen-bond donors (Lipinski definition) is 0. The van der Waals surface area contributed by atoms with Gasteiger partial charge in [0.1, 0.15) is 11.6 Å². The van der Waals surface area contributed by atoms with Crippen molar-refractivity contribution in [3.05, 3.63) is 35.8 Å². The number of halogens is 1. The smallest absolute Gasteiger partial charge is 0.136 e. The van der Waals surface area contributed by atoms with Gasteiger partial charge in [-0.15, -0.1) is 0 Å². The van der Waals surface area contributed by atoms with Crippen molar-refractivity contribution in [2.75, 3.05) is 0 Å². The van der Waals surface area contributed by atoms with Crippen LogP contribution in [0.3, 0.4) is 0 Å². The van der Waals surface area contributed by atoms with Crippen LogP contribution in [0, 0.1) is 11.7 Å². The van der Waals surface area contributed by atoms with Crippen LogP contribution in [0.5, 0.6) is 0 Å². The second-order valence-corrected chi connectivity index (χ2v) is 5.19. The second kappa shape index (κ2) is 4.23. The zero-order valence-corrected chi connectivity index (χ0v) is 10.4. The molecule has 0 aliphatic heterocycles. The average molecular weight is 245 g/mol. The third-order valence-corrected chi connectivity index (χ3v) is 3.93. The molecule has 1 heterocycles. The highest BCUT2D eigenvalue weighted by Crippen LogP contribution is 2.29. The van der Waals surface area contributed by atoms with E-state index in [1.807, 2.05) is 17.8 Å². The molecule has 0 spiro atoms. The average Bonchev–Trinajstić information content (AvgIpc) is 2.86. The van der Waals surface area contributed by atoms with Crippen LogP contribution in [-0.2, 0) is 18.3 Å². The molecule has 2 aromatic rings. The van der Waals surface area contributed by atoms with Gasteiger partial charge in [0.25, 0.3) is 0 Å². The molecule has 0 N–H and O–H groups in total. The van der Waals surface area contributed by atoms with Gasteiger partial charge in [0, 0.05) is 36.5 Å². The predicted octanol–water partition coefficient (Wildman–Crippen LogP) is 3.23. The van der Waals surface area contributed by atoms with Gasteiger partial charge in [0.2, 0.25) is 0 Å². The van der Waals surface area contributed by atoms with E-state index < -0.39 is 0 Å². The standard InChI is InChI=1S/C15H16FNO/c1-17-9-11(7-10-3-2-4-15(10)18)13-8-12(16)5-6-14(13)17/h5-6,8-10H,2-4,7H2,1H3. The number of aryl methyl sites for hydroxylation is 1. The summed E-state index contributed by atoms with van der Waals surface area (Å²) in [6, 6.07) is 4.85. The van der Waals surface area contributed by atoms with E-state index in [2.05, 4.69) is 0 Å². The normalized spacial score (nSPS) is 19.9. The first-order valence-electron chi connectivity index (χ1n) is 6.41. The van der Waals surface area contributed by atoms with Gasteiger partial charge in [-0.05, 0) is 43.0 Å². The Morgan fingerprint density at radius 2 is 2.28 bits per heavy atom. The number of nitrogens with zero attached hydrogens (tertiary/aromatic N) is 1. The molecular weight excluding hydrogens is 229 g/mol. The zero-order valence-electron chi connectivity index (χ0n) is 10.4. The number of carbonyl (C=O) groups excluding carboxylic acids is 1. The van der Waals surface area contributed by atoms with Crippen LogP contribution in [-0.4, -0.2) is 10.4 Å². The van der Waals surface area contributed by atoms with Gasteiger partial charge in [-0.1, -0.05) is 0 Å². The maximum atomic E-state index is 13.3. The van der Waals surface area contributed by atoms with Crippen molar-refractivity contribution in [3.8, 4) is 0 Å². The lowest BCUT2D eigenvalue weighted by molar-refractivity contribution is -0.120. The van der Waals surface area contributed by atoms with E-state index in [0.29, 0.717) is 12.2 Å². The Morgan fingerprint density at radius 1 is 1.44 bits per heavy atom. The van der Waals surface area contributed by atoms with Crippen LogP contribution in [0.1, 0.15) is 24.8 Å². The highest BCUT2D eigenvalue weighted by atomic mass is 19.1. The summed E-state index contributed by atoms with van der Waals surface area (Å²) in [4.78, 5) is 11.7. The number of Topliss-reactive ketones (excluding diaryl/α,β-unsaturated/α-hetero) is 1. The fourth-order valence-corrected chi connectivity index (χ4v) is 2.98. The Bertz CT molecular complexity index is 614. The van der Waals surface area contributed by atoms with Crippen molar-refractivity contribution in [3.63, 3.8) is 0 Å². The van der Waals surface area contributed by atoms with Crippen molar-refractivity contribution >= 4 is 16.7 Å². The fourth-order valence-electron chi connectivity index (χ4n) is 2.98. The summed E-state index contributed by atoms with van der Waals surface area (Å²) in [5, 5.41) is 0.942. The Kier molecular flexibility index (Phi) is 2.69. The molecular formula is C15H16FNO. The number of benzene rings is 1. The van der Waals surface area contributed by atoms with Crippen molar-refractivity contribution < 1.29 is 9.18 Å². The van der Waals surface area contributed by atoms with Crippen molar-refractivity contribution in [1.29, 1.82) is 0 Å². The van der Waals surface area contributed by atoms with Crippen LogP contribution in [0.25, 0.3) is 10.9 Å². The minimum absolute atomic E-state index is 0.138. The third kappa shape index (κ3) is 1.84. The number of rotatable bonds is 2. The van der Waals surface area contributed by atoms with Crippen molar-refractivity contribution in [2.45, 2.75) is 25.7 Å². The molecule has 0 amide bonds. The lowest BCUT2D eigenvalue weighted by Gasteiger charge is -2.06. The lowest BCUT2D eigenvalue weighted by Crippen LogP contribution is -2.09. The zero-order chi connectivity index (χ0) is 12.7. The molecule has 1 saturated carbocycles. The fraction of sp³-hybridized carbons (Fsp3) is 0.400. The van der Waals surface area contributed by atoms with Crippen LogP contribution in [0.2, 0.25) is 0 Å². The van der Waals surface area contributed by atoms with Gasteiger partial charge in [-0.3, -0.25) is 4.79 Å². The Morgan fingerprint density at radius 3 is 3.00 bits per heavy atom. The van der Waals surface area contributed by atoms with Crippen LogP contribution >= 0.6 is 0 Å². The van der Waals surface area contributed by atoms with E-state index in [1.165, 1.54) is 6.07 Å². The summed E-state index contributed by atoms with van der Waals surface area (Å²) in [7, 11) is 1.96. The monoisotopic (exact) mass is 245 g/mol. The number of ketones is 1. The van der Waals surface area contributed by atoms with Gasteiger partial charge >= 0.3 is 0 Å². The number of fused-ring (bicyclic) bond motifs is 1. The minimum Gasteiger partial charge on any atom is -0.350 e. The Balaban J connectivity index is 2.01. The molecule has 1 aromatic heterocycles. The highest BCUT2D eigenvalue weighted by Gasteiger charge is 2.25. The SMILES string of the molecule is Cn1cc(CC2CCCC2=O)c2cc(F)ccc21. The molecule has 1 aromatic carbocycles. The predicted molar refractivity (Wildman–Crippen MR) is 68.9 cm³/mol. The van der Waals surface area contributed by atoms with Gasteiger partial charge in [-0.2, -0.15) is 0 Å². The van der Waals surface area contributed by atoms with E-state index in [9.17, 15) is 9.18 Å².